The van der Waals surface area contributed by atoms with Crippen molar-refractivity contribution >= 4 is 5.97 Å². The van der Waals surface area contributed by atoms with E-state index in [1.807, 2.05) is 20.8 Å². The lowest BCUT2D eigenvalue weighted by Crippen LogP contribution is -2.26. The molecule has 0 spiro atoms. The zero-order valence-electron chi connectivity index (χ0n) is 9.17. The molecule has 0 aromatic carbocycles. The number of carbonyl (C=O) groups is 1. The number of rotatable bonds is 1. The van der Waals surface area contributed by atoms with Crippen LogP contribution in [0.2, 0.25) is 0 Å². The summed E-state index contributed by atoms with van der Waals surface area (Å²) in [5, 5.41) is 0. The molecule has 78 valence electrons. The number of hydrogen-bond acceptors (Lipinski definition) is 2. The van der Waals surface area contributed by atoms with Crippen molar-refractivity contribution in [2.75, 3.05) is 0 Å². The SMILES string of the molecule is CC(C)(C)OC(=O)C1=C[C@@H]2CCC1C2. The molecule has 0 aromatic heterocycles. The third kappa shape index (κ3) is 1.84. The maximum Gasteiger partial charge on any atom is 0.334 e. The molecule has 0 saturated heterocycles. The molecule has 0 amide bonds. The van der Waals surface area contributed by atoms with E-state index in [4.69, 9.17) is 4.74 Å². The zero-order chi connectivity index (χ0) is 10.3. The second-order valence-corrected chi connectivity index (χ2v) is 5.39. The lowest BCUT2D eigenvalue weighted by molar-refractivity contribution is -0.150. The van der Waals surface area contributed by atoms with Gasteiger partial charge in [0.1, 0.15) is 5.60 Å². The lowest BCUT2D eigenvalue weighted by Gasteiger charge is -2.22. The van der Waals surface area contributed by atoms with Crippen molar-refractivity contribution in [2.45, 2.75) is 45.6 Å². The molecule has 2 aliphatic rings. The fourth-order valence-corrected chi connectivity index (χ4v) is 2.41. The molecule has 2 aliphatic carbocycles. The molecule has 0 aromatic rings. The monoisotopic (exact) mass is 194 g/mol. The summed E-state index contributed by atoms with van der Waals surface area (Å²) in [6.45, 7) is 5.75. The number of carbonyl (C=O) groups excluding carboxylic acids is 1. The second kappa shape index (κ2) is 3.11. The first kappa shape index (κ1) is 9.75. The van der Waals surface area contributed by atoms with Crippen molar-refractivity contribution in [3.05, 3.63) is 11.6 Å². The topological polar surface area (TPSA) is 26.3 Å². The minimum Gasteiger partial charge on any atom is -0.457 e. The maximum atomic E-state index is 11.8. The predicted molar refractivity (Wildman–Crippen MR) is 54.8 cm³/mol. The smallest absolute Gasteiger partial charge is 0.334 e. The third-order valence-electron chi connectivity index (χ3n) is 2.96. The summed E-state index contributed by atoms with van der Waals surface area (Å²) < 4.78 is 5.37. The van der Waals surface area contributed by atoms with Crippen LogP contribution in [0.5, 0.6) is 0 Å². The van der Waals surface area contributed by atoms with Crippen molar-refractivity contribution in [3.8, 4) is 0 Å². The Hall–Kier alpha value is -0.790. The van der Waals surface area contributed by atoms with Gasteiger partial charge < -0.3 is 4.74 Å². The van der Waals surface area contributed by atoms with Crippen LogP contribution < -0.4 is 0 Å². The third-order valence-corrected chi connectivity index (χ3v) is 2.96. The molecule has 2 nitrogen and oxygen atoms in total. The van der Waals surface area contributed by atoms with Crippen LogP contribution in [0.1, 0.15) is 40.0 Å². The fraction of sp³-hybridized carbons (Fsp3) is 0.750. The minimum atomic E-state index is -0.361. The summed E-state index contributed by atoms with van der Waals surface area (Å²) in [7, 11) is 0. The van der Waals surface area contributed by atoms with E-state index < -0.39 is 0 Å². The van der Waals surface area contributed by atoms with Crippen LogP contribution in [0.3, 0.4) is 0 Å². The van der Waals surface area contributed by atoms with Crippen molar-refractivity contribution in [2.24, 2.45) is 11.8 Å². The number of hydrogen-bond donors (Lipinski definition) is 0. The van der Waals surface area contributed by atoms with E-state index >= 15 is 0 Å². The average molecular weight is 194 g/mol. The Morgan fingerprint density at radius 3 is 2.57 bits per heavy atom. The van der Waals surface area contributed by atoms with Crippen molar-refractivity contribution in [1.82, 2.24) is 0 Å². The molecule has 2 rings (SSSR count). The Balaban J connectivity index is 2.03. The highest BCUT2D eigenvalue weighted by Gasteiger charge is 2.37. The van der Waals surface area contributed by atoms with E-state index in [1.54, 1.807) is 0 Å². The molecule has 2 atom stereocenters. The van der Waals surface area contributed by atoms with Crippen LogP contribution in [0, 0.1) is 11.8 Å². The van der Waals surface area contributed by atoms with E-state index in [-0.39, 0.29) is 11.6 Å². The number of allylic oxidation sites excluding steroid dienone is 1. The summed E-state index contributed by atoms with van der Waals surface area (Å²) in [4.78, 5) is 11.8. The molecular weight excluding hydrogens is 176 g/mol. The van der Waals surface area contributed by atoms with Crippen LogP contribution in [0.25, 0.3) is 0 Å². The van der Waals surface area contributed by atoms with Gasteiger partial charge in [-0.3, -0.25) is 0 Å². The van der Waals surface area contributed by atoms with Gasteiger partial charge in [0, 0.05) is 5.57 Å². The van der Waals surface area contributed by atoms with Gasteiger partial charge in [-0.1, -0.05) is 6.08 Å². The average Bonchev–Trinajstić information content (AvgIpc) is 2.59. The Labute approximate surface area is 85.3 Å². The lowest BCUT2D eigenvalue weighted by atomic mass is 9.98. The van der Waals surface area contributed by atoms with Gasteiger partial charge in [-0.2, -0.15) is 0 Å². The fourth-order valence-electron chi connectivity index (χ4n) is 2.41. The molecule has 0 heterocycles. The molecule has 0 aliphatic heterocycles. The van der Waals surface area contributed by atoms with Crippen LogP contribution in [-0.2, 0) is 9.53 Å². The van der Waals surface area contributed by atoms with Gasteiger partial charge >= 0.3 is 5.97 Å². The first-order valence-electron chi connectivity index (χ1n) is 5.41. The van der Waals surface area contributed by atoms with Gasteiger partial charge in [0.25, 0.3) is 0 Å². The van der Waals surface area contributed by atoms with Crippen molar-refractivity contribution < 1.29 is 9.53 Å². The zero-order valence-corrected chi connectivity index (χ0v) is 9.17. The summed E-state index contributed by atoms with van der Waals surface area (Å²) in [6, 6.07) is 0. The van der Waals surface area contributed by atoms with Crippen molar-refractivity contribution in [3.63, 3.8) is 0 Å². The first-order chi connectivity index (χ1) is 6.46. The van der Waals surface area contributed by atoms with Gasteiger partial charge in [0.15, 0.2) is 0 Å². The molecule has 14 heavy (non-hydrogen) atoms. The van der Waals surface area contributed by atoms with E-state index in [9.17, 15) is 4.79 Å². The second-order valence-electron chi connectivity index (χ2n) is 5.39. The molecule has 0 radical (unpaired) electrons. The summed E-state index contributed by atoms with van der Waals surface area (Å²) >= 11 is 0. The van der Waals surface area contributed by atoms with Gasteiger partial charge in [-0.25, -0.2) is 4.79 Å². The molecule has 0 N–H and O–H groups in total. The quantitative estimate of drug-likeness (QED) is 0.600. The standard InChI is InChI=1S/C12H18O2/c1-12(2,3)14-11(13)10-7-8-4-5-9(10)6-8/h7-9H,4-6H2,1-3H3/t8-,9?/m1/s1. The number of esters is 1. The number of ether oxygens (including phenoxy) is 1. The summed E-state index contributed by atoms with van der Waals surface area (Å²) in [5.41, 5.74) is 0.580. The highest BCUT2D eigenvalue weighted by molar-refractivity contribution is 5.90. The summed E-state index contributed by atoms with van der Waals surface area (Å²) in [5.74, 6) is 1.06. The van der Waals surface area contributed by atoms with E-state index in [2.05, 4.69) is 6.08 Å². The molecule has 2 heteroatoms. The minimum absolute atomic E-state index is 0.0929. The van der Waals surface area contributed by atoms with E-state index in [1.165, 1.54) is 19.3 Å². The number of fused-ring (bicyclic) bond motifs is 2. The first-order valence-corrected chi connectivity index (χ1v) is 5.41. The van der Waals surface area contributed by atoms with Gasteiger partial charge in [-0.05, 0) is 51.9 Å². The van der Waals surface area contributed by atoms with Gasteiger partial charge in [0.05, 0.1) is 0 Å². The van der Waals surface area contributed by atoms with Crippen LogP contribution in [-0.4, -0.2) is 11.6 Å². The molecule has 2 bridgehead atoms. The summed E-state index contributed by atoms with van der Waals surface area (Å²) in [6.07, 6.45) is 5.74. The Morgan fingerprint density at radius 2 is 2.14 bits per heavy atom. The normalized spacial score (nSPS) is 30.4. The highest BCUT2D eigenvalue weighted by atomic mass is 16.6. The largest absolute Gasteiger partial charge is 0.457 e. The Kier molecular flexibility index (Phi) is 2.17. The van der Waals surface area contributed by atoms with Crippen LogP contribution in [0.4, 0.5) is 0 Å². The van der Waals surface area contributed by atoms with Gasteiger partial charge in [0.2, 0.25) is 0 Å². The van der Waals surface area contributed by atoms with Crippen LogP contribution >= 0.6 is 0 Å². The van der Waals surface area contributed by atoms with Crippen molar-refractivity contribution in [1.29, 1.82) is 0 Å². The van der Waals surface area contributed by atoms with E-state index in [0.29, 0.717) is 11.8 Å². The molecule has 1 unspecified atom stereocenters. The highest BCUT2D eigenvalue weighted by Crippen LogP contribution is 2.44. The molecular formula is C12H18O2. The van der Waals surface area contributed by atoms with Gasteiger partial charge in [-0.15, -0.1) is 0 Å². The maximum absolute atomic E-state index is 11.8. The Bertz CT molecular complexity index is 283. The molecule has 1 saturated carbocycles. The Morgan fingerprint density at radius 1 is 1.43 bits per heavy atom. The van der Waals surface area contributed by atoms with Crippen LogP contribution in [0.15, 0.2) is 11.6 Å². The predicted octanol–water partition coefficient (Wildman–Crippen LogP) is 2.68. The van der Waals surface area contributed by atoms with E-state index in [0.717, 1.165) is 5.57 Å². The molecule has 1 fully saturated rings.